The summed E-state index contributed by atoms with van der Waals surface area (Å²) in [5, 5.41) is 3.33. The Morgan fingerprint density at radius 2 is 1.95 bits per heavy atom. The zero-order valence-electron chi connectivity index (χ0n) is 11.0. The van der Waals surface area contributed by atoms with E-state index in [1.807, 2.05) is 12.1 Å². The normalized spacial score (nSPS) is 11.3. The topological polar surface area (TPSA) is 12.0 Å². The van der Waals surface area contributed by atoms with Gasteiger partial charge in [-0.1, -0.05) is 25.1 Å². The van der Waals surface area contributed by atoms with Gasteiger partial charge in [-0.3, -0.25) is 0 Å². The molecule has 1 nitrogen and oxygen atoms in total. The predicted octanol–water partition coefficient (Wildman–Crippen LogP) is 4.57. The van der Waals surface area contributed by atoms with Crippen LogP contribution in [0.4, 0.5) is 4.39 Å². The zero-order valence-corrected chi connectivity index (χ0v) is 11.8. The highest BCUT2D eigenvalue weighted by atomic mass is 32.1. The molecule has 0 unspecified atom stereocenters. The molecule has 0 fully saturated rings. The molecule has 0 bridgehead atoms. The number of benzene rings is 1. The van der Waals surface area contributed by atoms with E-state index in [4.69, 9.17) is 0 Å². The summed E-state index contributed by atoms with van der Waals surface area (Å²) < 4.78 is 12.9. The third-order valence-electron chi connectivity index (χ3n) is 2.73. The van der Waals surface area contributed by atoms with Crippen molar-refractivity contribution in [2.24, 2.45) is 0 Å². The molecule has 1 aromatic heterocycles. The summed E-state index contributed by atoms with van der Waals surface area (Å²) in [5.74, 6) is -0.192. The second kappa shape index (κ2) is 7.22. The van der Waals surface area contributed by atoms with Gasteiger partial charge in [0.1, 0.15) is 5.82 Å². The summed E-state index contributed by atoms with van der Waals surface area (Å²) in [6, 6.07) is 10.8. The molecule has 1 aromatic carbocycles. The number of thiophene rings is 1. The minimum Gasteiger partial charge on any atom is -0.313 e. The summed E-state index contributed by atoms with van der Waals surface area (Å²) in [6.07, 6.45) is 5.41. The Morgan fingerprint density at radius 1 is 1.16 bits per heavy atom. The Morgan fingerprint density at radius 3 is 2.68 bits per heavy atom. The average Bonchev–Trinajstić information content (AvgIpc) is 2.88. The first-order valence-electron chi connectivity index (χ1n) is 6.52. The van der Waals surface area contributed by atoms with Crippen molar-refractivity contribution < 1.29 is 4.39 Å². The van der Waals surface area contributed by atoms with Gasteiger partial charge in [0.2, 0.25) is 0 Å². The Bertz CT molecular complexity index is 528. The molecule has 1 heterocycles. The van der Waals surface area contributed by atoms with Gasteiger partial charge < -0.3 is 5.32 Å². The highest BCUT2D eigenvalue weighted by Crippen LogP contribution is 2.28. The molecule has 0 saturated carbocycles. The van der Waals surface area contributed by atoms with Gasteiger partial charge >= 0.3 is 0 Å². The van der Waals surface area contributed by atoms with Gasteiger partial charge in [0.25, 0.3) is 0 Å². The van der Waals surface area contributed by atoms with E-state index in [1.165, 1.54) is 21.9 Å². The molecule has 2 rings (SSSR count). The molecular formula is C16H18FNS. The molecule has 19 heavy (non-hydrogen) atoms. The highest BCUT2D eigenvalue weighted by Gasteiger charge is 2.01. The smallest absolute Gasteiger partial charge is 0.123 e. The van der Waals surface area contributed by atoms with Crippen molar-refractivity contribution in [3.63, 3.8) is 0 Å². The van der Waals surface area contributed by atoms with Gasteiger partial charge in [-0.25, -0.2) is 4.39 Å². The van der Waals surface area contributed by atoms with E-state index in [2.05, 4.69) is 36.5 Å². The van der Waals surface area contributed by atoms with Gasteiger partial charge in [0.05, 0.1) is 0 Å². The molecule has 1 N–H and O–H groups in total. The van der Waals surface area contributed by atoms with E-state index in [0.717, 1.165) is 25.1 Å². The Hall–Kier alpha value is -1.45. The van der Waals surface area contributed by atoms with Crippen molar-refractivity contribution in [3.05, 3.63) is 53.2 Å². The van der Waals surface area contributed by atoms with Crippen LogP contribution in [0.1, 0.15) is 18.2 Å². The molecule has 2 aromatic rings. The van der Waals surface area contributed by atoms with Crippen LogP contribution in [0.5, 0.6) is 0 Å². The molecule has 3 heteroatoms. The molecule has 0 saturated heterocycles. The summed E-state index contributed by atoms with van der Waals surface area (Å²) in [5.41, 5.74) is 1.06. The number of hydrogen-bond acceptors (Lipinski definition) is 2. The van der Waals surface area contributed by atoms with Crippen LogP contribution in [0.2, 0.25) is 0 Å². The molecule has 0 amide bonds. The summed E-state index contributed by atoms with van der Waals surface area (Å²) in [4.78, 5) is 2.39. The van der Waals surface area contributed by atoms with Crippen molar-refractivity contribution in [1.29, 1.82) is 0 Å². The Kier molecular flexibility index (Phi) is 5.31. The van der Waals surface area contributed by atoms with E-state index in [-0.39, 0.29) is 5.82 Å². The lowest BCUT2D eigenvalue weighted by atomic mass is 10.2. The summed E-state index contributed by atoms with van der Waals surface area (Å²) >= 11 is 1.72. The maximum Gasteiger partial charge on any atom is 0.123 e. The fourth-order valence-electron chi connectivity index (χ4n) is 1.75. The van der Waals surface area contributed by atoms with Gasteiger partial charge in [-0.2, -0.15) is 0 Å². The van der Waals surface area contributed by atoms with E-state index >= 15 is 0 Å². The first-order valence-corrected chi connectivity index (χ1v) is 7.34. The van der Waals surface area contributed by atoms with Crippen LogP contribution in [0.15, 0.2) is 42.5 Å². The van der Waals surface area contributed by atoms with Crippen LogP contribution in [-0.4, -0.2) is 13.1 Å². The maximum absolute atomic E-state index is 12.9. The maximum atomic E-state index is 12.9. The first kappa shape index (κ1) is 14.0. The lowest BCUT2D eigenvalue weighted by molar-refractivity contribution is 0.628. The van der Waals surface area contributed by atoms with Crippen LogP contribution in [0, 0.1) is 5.82 Å². The number of halogens is 1. The van der Waals surface area contributed by atoms with Crippen molar-refractivity contribution in [3.8, 4) is 10.4 Å². The van der Waals surface area contributed by atoms with Crippen molar-refractivity contribution in [2.75, 3.05) is 13.1 Å². The van der Waals surface area contributed by atoms with Gasteiger partial charge in [-0.05, 0) is 48.9 Å². The van der Waals surface area contributed by atoms with Crippen LogP contribution < -0.4 is 5.32 Å². The third-order valence-corrected chi connectivity index (χ3v) is 3.83. The fraction of sp³-hybridized carbons (Fsp3) is 0.250. The molecule has 0 aliphatic rings. The summed E-state index contributed by atoms with van der Waals surface area (Å²) in [7, 11) is 0. The molecule has 100 valence electrons. The minimum atomic E-state index is -0.192. The number of rotatable bonds is 6. The van der Waals surface area contributed by atoms with Crippen LogP contribution in [0.3, 0.4) is 0 Å². The minimum absolute atomic E-state index is 0.192. The van der Waals surface area contributed by atoms with Crippen LogP contribution >= 0.6 is 11.3 Å². The Balaban J connectivity index is 1.97. The Labute approximate surface area is 117 Å². The lowest BCUT2D eigenvalue weighted by Gasteiger charge is -1.96. The molecule has 0 aliphatic carbocycles. The largest absolute Gasteiger partial charge is 0.313 e. The SMILES string of the molecule is CCCNCC=Cc1ccc(-c2ccc(F)cc2)s1. The summed E-state index contributed by atoms with van der Waals surface area (Å²) in [6.45, 7) is 4.11. The average molecular weight is 275 g/mol. The van der Waals surface area contributed by atoms with Crippen LogP contribution in [0.25, 0.3) is 16.5 Å². The predicted molar refractivity (Wildman–Crippen MR) is 81.9 cm³/mol. The van der Waals surface area contributed by atoms with Gasteiger partial charge in [0, 0.05) is 16.3 Å². The van der Waals surface area contributed by atoms with Crippen molar-refractivity contribution in [2.45, 2.75) is 13.3 Å². The zero-order chi connectivity index (χ0) is 13.5. The van der Waals surface area contributed by atoms with E-state index in [9.17, 15) is 4.39 Å². The van der Waals surface area contributed by atoms with E-state index in [1.54, 1.807) is 11.3 Å². The quantitative estimate of drug-likeness (QED) is 0.762. The standard InChI is InChI=1S/C16H18FNS/c1-2-11-18-12-3-4-15-9-10-16(19-15)13-5-7-14(17)8-6-13/h3-10,18H,2,11-12H2,1H3. The molecule has 0 aliphatic heterocycles. The highest BCUT2D eigenvalue weighted by molar-refractivity contribution is 7.16. The van der Waals surface area contributed by atoms with Gasteiger partial charge in [-0.15, -0.1) is 11.3 Å². The molecule has 0 spiro atoms. The molecule has 0 radical (unpaired) electrons. The first-order chi connectivity index (χ1) is 9.29. The number of hydrogen-bond donors (Lipinski definition) is 1. The molecular weight excluding hydrogens is 257 g/mol. The lowest BCUT2D eigenvalue weighted by Crippen LogP contribution is -2.13. The monoisotopic (exact) mass is 275 g/mol. The van der Waals surface area contributed by atoms with E-state index < -0.39 is 0 Å². The molecule has 0 atom stereocenters. The third kappa shape index (κ3) is 4.30. The van der Waals surface area contributed by atoms with Crippen molar-refractivity contribution >= 4 is 17.4 Å². The fourth-order valence-corrected chi connectivity index (χ4v) is 2.69. The second-order valence-corrected chi connectivity index (χ2v) is 5.43. The second-order valence-electron chi connectivity index (χ2n) is 4.32. The van der Waals surface area contributed by atoms with Crippen molar-refractivity contribution in [1.82, 2.24) is 5.32 Å². The van der Waals surface area contributed by atoms with Crippen LogP contribution in [-0.2, 0) is 0 Å². The van der Waals surface area contributed by atoms with Gasteiger partial charge in [0.15, 0.2) is 0 Å². The van der Waals surface area contributed by atoms with E-state index in [0.29, 0.717) is 0 Å². The number of nitrogens with one attached hydrogen (secondary N) is 1.